The Hall–Kier alpha value is -4.88. The van der Waals surface area contributed by atoms with Crippen molar-refractivity contribution in [1.82, 2.24) is 15.1 Å². The zero-order chi connectivity index (χ0) is 32.4. The molecule has 0 radical (unpaired) electrons. The summed E-state index contributed by atoms with van der Waals surface area (Å²) >= 11 is 0. The van der Waals surface area contributed by atoms with Gasteiger partial charge in [0, 0.05) is 58.0 Å². The first-order chi connectivity index (χ1) is 21.5. The molecular weight excluding hydrogens is 589 g/mol. The van der Waals surface area contributed by atoms with Gasteiger partial charge >= 0.3 is 6.36 Å². The molecular formula is C32H35F3N6O4. The summed E-state index contributed by atoms with van der Waals surface area (Å²) in [6.07, 6.45) is -1.81. The number of para-hydroxylation sites is 2. The van der Waals surface area contributed by atoms with E-state index in [1.165, 1.54) is 18.2 Å². The number of benzene rings is 3. The van der Waals surface area contributed by atoms with Gasteiger partial charge in [-0.15, -0.1) is 13.2 Å². The molecule has 5 N–H and O–H groups in total. The van der Waals surface area contributed by atoms with Crippen LogP contribution in [0.25, 0.3) is 6.08 Å². The molecule has 0 bridgehead atoms. The first kappa shape index (κ1) is 33.0. The molecule has 10 nitrogen and oxygen atoms in total. The van der Waals surface area contributed by atoms with Gasteiger partial charge in [-0.1, -0.05) is 36.4 Å². The number of anilines is 3. The van der Waals surface area contributed by atoms with E-state index in [2.05, 4.69) is 25.6 Å². The maximum absolute atomic E-state index is 13.4. The summed E-state index contributed by atoms with van der Waals surface area (Å²) in [5.74, 6) is -1.12. The molecule has 1 aliphatic rings. The molecule has 0 aliphatic carbocycles. The quantitative estimate of drug-likeness (QED) is 0.186. The summed E-state index contributed by atoms with van der Waals surface area (Å²) in [5.41, 5.74) is 8.49. The second-order valence-electron chi connectivity index (χ2n) is 10.4. The molecule has 4 rings (SSSR count). The van der Waals surface area contributed by atoms with Crippen molar-refractivity contribution in [1.29, 1.82) is 0 Å². The van der Waals surface area contributed by atoms with Crippen molar-refractivity contribution in [3.05, 3.63) is 90.0 Å². The predicted octanol–water partition coefficient (Wildman–Crippen LogP) is 4.25. The van der Waals surface area contributed by atoms with E-state index in [-0.39, 0.29) is 11.8 Å². The molecule has 0 saturated carbocycles. The molecule has 3 amide bonds. The molecule has 0 aromatic heterocycles. The van der Waals surface area contributed by atoms with Gasteiger partial charge in [-0.2, -0.15) is 0 Å². The number of ether oxygens (including phenoxy) is 1. The third kappa shape index (κ3) is 10.4. The minimum absolute atomic E-state index is 0.0438. The van der Waals surface area contributed by atoms with Crippen LogP contribution in [0.1, 0.15) is 24.1 Å². The molecule has 1 fully saturated rings. The van der Waals surface area contributed by atoms with E-state index in [0.29, 0.717) is 48.8 Å². The second kappa shape index (κ2) is 15.2. The number of carbonyl (C=O) groups is 3. The van der Waals surface area contributed by atoms with Crippen LogP contribution in [0, 0.1) is 0 Å². The Morgan fingerprint density at radius 1 is 0.933 bits per heavy atom. The smallest absolute Gasteiger partial charge is 0.406 e. The van der Waals surface area contributed by atoms with Gasteiger partial charge in [0.1, 0.15) is 11.8 Å². The number of hydrogen-bond acceptors (Lipinski definition) is 7. The van der Waals surface area contributed by atoms with Crippen LogP contribution in [-0.2, 0) is 14.4 Å². The topological polar surface area (TPSA) is 129 Å². The molecule has 1 aliphatic heterocycles. The average Bonchev–Trinajstić information content (AvgIpc) is 3.00. The number of alkyl halides is 3. The summed E-state index contributed by atoms with van der Waals surface area (Å²) in [6.45, 7) is 5.36. The average molecular weight is 625 g/mol. The van der Waals surface area contributed by atoms with Gasteiger partial charge in [-0.05, 0) is 53.6 Å². The van der Waals surface area contributed by atoms with Crippen LogP contribution in [0.2, 0.25) is 0 Å². The number of piperazine rings is 1. The second-order valence-corrected chi connectivity index (χ2v) is 10.4. The number of carbonyl (C=O) groups excluding carboxylic acids is 3. The third-order valence-corrected chi connectivity index (χ3v) is 7.13. The number of rotatable bonds is 11. The molecule has 0 spiro atoms. The largest absolute Gasteiger partial charge is 0.573 e. The van der Waals surface area contributed by atoms with E-state index in [4.69, 9.17) is 5.73 Å². The van der Waals surface area contributed by atoms with Crippen molar-refractivity contribution in [3.63, 3.8) is 0 Å². The molecule has 1 saturated heterocycles. The number of halogens is 3. The number of nitrogens with zero attached hydrogens (tertiary/aromatic N) is 2. The summed E-state index contributed by atoms with van der Waals surface area (Å²) in [5, 5.41) is 8.75. The highest BCUT2D eigenvalue weighted by atomic mass is 19.4. The Balaban J connectivity index is 1.41. The fourth-order valence-electron chi connectivity index (χ4n) is 4.73. The summed E-state index contributed by atoms with van der Waals surface area (Å²) in [7, 11) is 0. The standard InChI is InChI=1S/C32H35F3N6O4/c1-22(42)41-20-18-40(19-21-41)17-16-37-30(31(44)38-25-11-13-26(14-12-25)45-32(33,34)35)24-9-6-23(7-10-24)8-15-29(43)39-28-5-3-2-4-27(28)36/h2-15,30,37H,16-21,36H2,1H3,(H,38,44)(H,39,43). The van der Waals surface area contributed by atoms with Crippen molar-refractivity contribution in [2.24, 2.45) is 0 Å². The van der Waals surface area contributed by atoms with Gasteiger partial charge < -0.3 is 31.3 Å². The van der Waals surface area contributed by atoms with E-state index >= 15 is 0 Å². The highest BCUT2D eigenvalue weighted by Crippen LogP contribution is 2.25. The molecule has 3 aromatic carbocycles. The van der Waals surface area contributed by atoms with Gasteiger partial charge in [0.05, 0.1) is 11.4 Å². The molecule has 3 aromatic rings. The summed E-state index contributed by atoms with van der Waals surface area (Å²) < 4.78 is 41.5. The maximum atomic E-state index is 13.4. The van der Waals surface area contributed by atoms with Gasteiger partial charge in [0.25, 0.3) is 0 Å². The molecule has 238 valence electrons. The van der Waals surface area contributed by atoms with Gasteiger partial charge in [-0.25, -0.2) is 0 Å². The lowest BCUT2D eigenvalue weighted by atomic mass is 10.0. The van der Waals surface area contributed by atoms with Crippen LogP contribution in [0.15, 0.2) is 78.9 Å². The van der Waals surface area contributed by atoms with Gasteiger partial charge in [0.15, 0.2) is 0 Å². The lowest BCUT2D eigenvalue weighted by Crippen LogP contribution is -2.49. The Morgan fingerprint density at radius 2 is 1.60 bits per heavy atom. The Kier molecular flexibility index (Phi) is 11.2. The van der Waals surface area contributed by atoms with Crippen LogP contribution in [0.3, 0.4) is 0 Å². The van der Waals surface area contributed by atoms with Crippen molar-refractivity contribution >= 4 is 40.9 Å². The van der Waals surface area contributed by atoms with E-state index in [1.807, 2.05) is 0 Å². The van der Waals surface area contributed by atoms with Crippen LogP contribution in [0.4, 0.5) is 30.2 Å². The van der Waals surface area contributed by atoms with Crippen molar-refractivity contribution in [2.75, 3.05) is 55.6 Å². The number of nitrogen functional groups attached to an aromatic ring is 1. The molecule has 1 heterocycles. The zero-order valence-electron chi connectivity index (χ0n) is 24.6. The number of hydrogen-bond donors (Lipinski definition) is 4. The van der Waals surface area contributed by atoms with Crippen molar-refractivity contribution in [3.8, 4) is 5.75 Å². The van der Waals surface area contributed by atoms with Crippen molar-refractivity contribution in [2.45, 2.75) is 19.3 Å². The molecule has 1 atom stereocenters. The van der Waals surface area contributed by atoms with E-state index < -0.39 is 24.1 Å². The number of nitrogens with one attached hydrogen (secondary N) is 3. The van der Waals surface area contributed by atoms with Crippen LogP contribution in [-0.4, -0.2) is 73.2 Å². The summed E-state index contributed by atoms with van der Waals surface area (Å²) in [4.78, 5) is 41.4. The monoisotopic (exact) mass is 624 g/mol. The third-order valence-electron chi connectivity index (χ3n) is 7.13. The van der Waals surface area contributed by atoms with E-state index in [0.717, 1.165) is 30.8 Å². The highest BCUT2D eigenvalue weighted by Gasteiger charge is 2.31. The highest BCUT2D eigenvalue weighted by molar-refractivity contribution is 6.03. The Bertz CT molecular complexity index is 1490. The lowest BCUT2D eigenvalue weighted by Gasteiger charge is -2.34. The van der Waals surface area contributed by atoms with Gasteiger partial charge in [0.2, 0.25) is 17.7 Å². The first-order valence-corrected chi connectivity index (χ1v) is 14.3. The maximum Gasteiger partial charge on any atom is 0.573 e. The minimum atomic E-state index is -4.82. The van der Waals surface area contributed by atoms with E-state index in [9.17, 15) is 27.6 Å². The number of nitrogens with two attached hydrogens (primary N) is 1. The first-order valence-electron chi connectivity index (χ1n) is 14.3. The minimum Gasteiger partial charge on any atom is -0.406 e. The fourth-order valence-corrected chi connectivity index (χ4v) is 4.73. The molecule has 13 heteroatoms. The predicted molar refractivity (Wildman–Crippen MR) is 166 cm³/mol. The fraction of sp³-hybridized carbons (Fsp3) is 0.281. The zero-order valence-corrected chi connectivity index (χ0v) is 24.6. The van der Waals surface area contributed by atoms with Gasteiger partial charge in [-0.3, -0.25) is 19.3 Å². The molecule has 45 heavy (non-hydrogen) atoms. The molecule has 1 unspecified atom stereocenters. The Morgan fingerprint density at radius 3 is 2.22 bits per heavy atom. The lowest BCUT2D eigenvalue weighted by molar-refractivity contribution is -0.274. The van der Waals surface area contributed by atoms with E-state index in [1.54, 1.807) is 66.4 Å². The normalized spacial score (nSPS) is 14.6. The van der Waals surface area contributed by atoms with Crippen LogP contribution >= 0.6 is 0 Å². The van der Waals surface area contributed by atoms with Crippen LogP contribution in [0.5, 0.6) is 5.75 Å². The van der Waals surface area contributed by atoms with Crippen molar-refractivity contribution < 1.29 is 32.3 Å². The Labute approximate surface area is 259 Å². The SMILES string of the molecule is CC(=O)N1CCN(CCNC(C(=O)Nc2ccc(OC(F)(F)F)cc2)c2ccc(C=CC(=O)Nc3ccccc3N)cc2)CC1. The number of amides is 3. The van der Waals surface area contributed by atoms with Crippen LogP contribution < -0.4 is 26.4 Å². The summed E-state index contributed by atoms with van der Waals surface area (Å²) in [6, 6.07) is 18.1.